The SMILES string of the molecule is CNC1CCCN(CC(=O)NC(=O)NC2CCCCC2C)C1. The zero-order chi connectivity index (χ0) is 15.9. The summed E-state index contributed by atoms with van der Waals surface area (Å²) >= 11 is 0. The number of likely N-dealkylation sites (tertiary alicyclic amines) is 1. The third-order valence-corrected chi connectivity index (χ3v) is 4.96. The standard InChI is InChI=1S/C16H30N4O2/c1-12-6-3-4-8-14(12)18-16(22)19-15(21)11-20-9-5-7-13(10-20)17-2/h12-14,17H,3-11H2,1-2H3,(H2,18,19,21,22). The molecular formula is C16H30N4O2. The van der Waals surface area contributed by atoms with Gasteiger partial charge >= 0.3 is 6.03 Å². The van der Waals surface area contributed by atoms with Crippen LogP contribution in [0.3, 0.4) is 0 Å². The van der Waals surface area contributed by atoms with E-state index in [0.717, 1.165) is 45.2 Å². The number of likely N-dealkylation sites (N-methyl/N-ethyl adjacent to an activating group) is 1. The molecule has 0 aromatic heterocycles. The molecule has 0 aromatic rings. The summed E-state index contributed by atoms with van der Waals surface area (Å²) in [6.07, 6.45) is 6.79. The van der Waals surface area contributed by atoms with Crippen molar-refractivity contribution in [3.8, 4) is 0 Å². The van der Waals surface area contributed by atoms with Gasteiger partial charge in [-0.2, -0.15) is 0 Å². The topological polar surface area (TPSA) is 73.5 Å². The van der Waals surface area contributed by atoms with Crippen molar-refractivity contribution in [2.45, 2.75) is 57.5 Å². The summed E-state index contributed by atoms with van der Waals surface area (Å²) in [5.41, 5.74) is 0. The average molecular weight is 310 g/mol. The predicted octanol–water partition coefficient (Wildman–Crippen LogP) is 1.07. The van der Waals surface area contributed by atoms with Crippen molar-refractivity contribution in [2.75, 3.05) is 26.7 Å². The highest BCUT2D eigenvalue weighted by molar-refractivity contribution is 5.95. The molecule has 6 nitrogen and oxygen atoms in total. The van der Waals surface area contributed by atoms with E-state index in [1.54, 1.807) is 0 Å². The number of nitrogens with one attached hydrogen (secondary N) is 3. The lowest BCUT2D eigenvalue weighted by atomic mass is 9.86. The van der Waals surface area contributed by atoms with Crippen LogP contribution in [0.2, 0.25) is 0 Å². The molecule has 0 bridgehead atoms. The molecule has 2 aliphatic rings. The lowest BCUT2D eigenvalue weighted by Gasteiger charge is -2.32. The molecule has 3 N–H and O–H groups in total. The maximum atomic E-state index is 12.0. The predicted molar refractivity (Wildman–Crippen MR) is 86.6 cm³/mol. The van der Waals surface area contributed by atoms with Gasteiger partial charge in [-0.25, -0.2) is 4.79 Å². The lowest BCUT2D eigenvalue weighted by molar-refractivity contribution is -0.121. The first-order chi connectivity index (χ1) is 10.6. The van der Waals surface area contributed by atoms with Crippen LogP contribution in [0.1, 0.15) is 45.4 Å². The van der Waals surface area contributed by atoms with E-state index in [-0.39, 0.29) is 18.0 Å². The summed E-state index contributed by atoms with van der Waals surface area (Å²) in [7, 11) is 1.95. The molecule has 1 saturated carbocycles. The number of piperidine rings is 1. The summed E-state index contributed by atoms with van der Waals surface area (Å²) in [6.45, 7) is 4.25. The van der Waals surface area contributed by atoms with Gasteiger partial charge in [0.15, 0.2) is 0 Å². The van der Waals surface area contributed by atoms with Gasteiger partial charge < -0.3 is 10.6 Å². The Morgan fingerprint density at radius 1 is 1.14 bits per heavy atom. The van der Waals surface area contributed by atoms with E-state index in [2.05, 4.69) is 27.8 Å². The quantitative estimate of drug-likeness (QED) is 0.726. The van der Waals surface area contributed by atoms with Crippen molar-refractivity contribution in [1.29, 1.82) is 0 Å². The maximum Gasteiger partial charge on any atom is 0.321 e. The van der Waals surface area contributed by atoms with Crippen molar-refractivity contribution in [2.24, 2.45) is 5.92 Å². The van der Waals surface area contributed by atoms with Crippen molar-refractivity contribution >= 4 is 11.9 Å². The molecule has 1 saturated heterocycles. The van der Waals surface area contributed by atoms with Gasteiger partial charge in [0.25, 0.3) is 0 Å². The zero-order valence-electron chi connectivity index (χ0n) is 13.9. The van der Waals surface area contributed by atoms with Crippen LogP contribution in [-0.4, -0.2) is 55.6 Å². The van der Waals surface area contributed by atoms with Crippen molar-refractivity contribution in [3.63, 3.8) is 0 Å². The Labute approximate surface area is 133 Å². The average Bonchev–Trinajstić information content (AvgIpc) is 2.49. The van der Waals surface area contributed by atoms with Crippen LogP contribution < -0.4 is 16.0 Å². The van der Waals surface area contributed by atoms with Crippen LogP contribution in [0.5, 0.6) is 0 Å². The molecule has 6 heteroatoms. The maximum absolute atomic E-state index is 12.0. The van der Waals surface area contributed by atoms with Crippen LogP contribution in [0, 0.1) is 5.92 Å². The number of hydrogen-bond donors (Lipinski definition) is 3. The Morgan fingerprint density at radius 3 is 2.64 bits per heavy atom. The molecule has 1 heterocycles. The number of carbonyl (C=O) groups is 2. The second-order valence-corrected chi connectivity index (χ2v) is 6.75. The molecule has 0 spiro atoms. The molecule has 3 amide bonds. The van der Waals surface area contributed by atoms with Gasteiger partial charge in [-0.15, -0.1) is 0 Å². The molecule has 0 aromatic carbocycles. The Morgan fingerprint density at radius 2 is 1.91 bits per heavy atom. The molecular weight excluding hydrogens is 280 g/mol. The van der Waals surface area contributed by atoms with Crippen LogP contribution in [0.15, 0.2) is 0 Å². The van der Waals surface area contributed by atoms with Crippen LogP contribution in [-0.2, 0) is 4.79 Å². The highest BCUT2D eigenvalue weighted by atomic mass is 16.2. The van der Waals surface area contributed by atoms with E-state index in [0.29, 0.717) is 18.5 Å². The van der Waals surface area contributed by atoms with Gasteiger partial charge in [-0.05, 0) is 45.2 Å². The Kier molecular flexibility index (Phi) is 6.64. The fraction of sp³-hybridized carbons (Fsp3) is 0.875. The largest absolute Gasteiger partial charge is 0.335 e. The molecule has 126 valence electrons. The van der Waals surface area contributed by atoms with E-state index in [4.69, 9.17) is 0 Å². The molecule has 3 unspecified atom stereocenters. The molecule has 22 heavy (non-hydrogen) atoms. The zero-order valence-corrected chi connectivity index (χ0v) is 13.9. The number of nitrogens with zero attached hydrogens (tertiary/aromatic N) is 1. The Balaban J connectivity index is 1.70. The molecule has 3 atom stereocenters. The minimum Gasteiger partial charge on any atom is -0.335 e. The van der Waals surface area contributed by atoms with E-state index in [9.17, 15) is 9.59 Å². The Bertz CT molecular complexity index is 388. The van der Waals surface area contributed by atoms with Gasteiger partial charge in [0.2, 0.25) is 5.91 Å². The monoisotopic (exact) mass is 310 g/mol. The van der Waals surface area contributed by atoms with Gasteiger partial charge in [0.05, 0.1) is 6.54 Å². The lowest BCUT2D eigenvalue weighted by Crippen LogP contribution is -2.52. The third kappa shape index (κ3) is 5.25. The highest BCUT2D eigenvalue weighted by Crippen LogP contribution is 2.23. The third-order valence-electron chi connectivity index (χ3n) is 4.96. The van der Waals surface area contributed by atoms with Crippen molar-refractivity contribution < 1.29 is 9.59 Å². The van der Waals surface area contributed by atoms with Crippen LogP contribution >= 0.6 is 0 Å². The van der Waals surface area contributed by atoms with Crippen LogP contribution in [0.4, 0.5) is 4.79 Å². The van der Waals surface area contributed by atoms with Gasteiger partial charge in [0, 0.05) is 18.6 Å². The molecule has 2 fully saturated rings. The number of amides is 3. The number of hydrogen-bond acceptors (Lipinski definition) is 4. The fourth-order valence-electron chi connectivity index (χ4n) is 3.54. The summed E-state index contributed by atoms with van der Waals surface area (Å²) in [5, 5.41) is 8.69. The van der Waals surface area contributed by atoms with E-state index in [1.165, 1.54) is 6.42 Å². The van der Waals surface area contributed by atoms with Crippen molar-refractivity contribution in [3.05, 3.63) is 0 Å². The molecule has 1 aliphatic carbocycles. The number of imide groups is 1. The number of rotatable bonds is 4. The first-order valence-electron chi connectivity index (χ1n) is 8.58. The second-order valence-electron chi connectivity index (χ2n) is 6.75. The van der Waals surface area contributed by atoms with E-state index < -0.39 is 0 Å². The first kappa shape index (κ1) is 17.2. The summed E-state index contributed by atoms with van der Waals surface area (Å²) in [4.78, 5) is 26.1. The smallest absolute Gasteiger partial charge is 0.321 e. The normalized spacial score (nSPS) is 29.8. The minimum absolute atomic E-state index is 0.199. The van der Waals surface area contributed by atoms with Gasteiger partial charge in [-0.3, -0.25) is 15.0 Å². The fourth-order valence-corrected chi connectivity index (χ4v) is 3.54. The van der Waals surface area contributed by atoms with Gasteiger partial charge in [0.1, 0.15) is 0 Å². The summed E-state index contributed by atoms with van der Waals surface area (Å²) < 4.78 is 0. The highest BCUT2D eigenvalue weighted by Gasteiger charge is 2.24. The van der Waals surface area contributed by atoms with E-state index in [1.807, 2.05) is 7.05 Å². The minimum atomic E-state index is -0.342. The number of carbonyl (C=O) groups excluding carboxylic acids is 2. The number of urea groups is 1. The Hall–Kier alpha value is -1.14. The first-order valence-corrected chi connectivity index (χ1v) is 8.58. The van der Waals surface area contributed by atoms with Crippen molar-refractivity contribution in [1.82, 2.24) is 20.9 Å². The summed E-state index contributed by atoms with van der Waals surface area (Å²) in [6, 6.07) is 0.301. The molecule has 2 rings (SSSR count). The molecule has 0 radical (unpaired) electrons. The summed E-state index contributed by atoms with van der Waals surface area (Å²) in [5.74, 6) is 0.283. The van der Waals surface area contributed by atoms with Gasteiger partial charge in [-0.1, -0.05) is 19.8 Å². The second kappa shape index (κ2) is 8.48. The van der Waals surface area contributed by atoms with Crippen LogP contribution in [0.25, 0.3) is 0 Å². The molecule has 1 aliphatic heterocycles. The van der Waals surface area contributed by atoms with E-state index >= 15 is 0 Å².